The third-order valence-electron chi connectivity index (χ3n) is 5.84. The van der Waals surface area contributed by atoms with Gasteiger partial charge < -0.3 is 20.2 Å². The number of urea groups is 1. The van der Waals surface area contributed by atoms with Gasteiger partial charge in [-0.05, 0) is 56.0 Å². The van der Waals surface area contributed by atoms with Crippen LogP contribution in [0.3, 0.4) is 0 Å². The second kappa shape index (κ2) is 10.3. The van der Waals surface area contributed by atoms with Gasteiger partial charge in [-0.25, -0.2) is 4.79 Å². The Morgan fingerprint density at radius 2 is 1.79 bits per heavy atom. The van der Waals surface area contributed by atoms with E-state index in [-0.39, 0.29) is 17.8 Å². The number of amides is 2. The monoisotopic (exact) mass is 395 g/mol. The van der Waals surface area contributed by atoms with Crippen molar-refractivity contribution >= 4 is 11.7 Å². The molecule has 5 heteroatoms. The molecule has 156 valence electrons. The highest BCUT2D eigenvalue weighted by molar-refractivity contribution is 5.89. The molecule has 0 aliphatic carbocycles. The Labute approximate surface area is 174 Å². The number of hydrogen-bond donors (Lipinski definition) is 2. The summed E-state index contributed by atoms with van der Waals surface area (Å²) in [6.45, 7) is 7.20. The Balaban J connectivity index is 1.69. The number of carbonyl (C=O) groups is 1. The van der Waals surface area contributed by atoms with E-state index in [0.717, 1.165) is 31.5 Å². The Morgan fingerprint density at radius 1 is 1.14 bits per heavy atom. The van der Waals surface area contributed by atoms with Gasteiger partial charge in [0.2, 0.25) is 0 Å². The standard InChI is InChI=1S/C24H33N3O2/c1-3-7-19(2)26-16-14-22(15-17-26)27(18-20-8-5-4-6-9-20)24(29)25-21-10-12-23(28)13-11-21/h4-6,8-13,19,22,28H,3,7,14-18H2,1-2H3,(H,25,29). The molecule has 1 saturated heterocycles. The van der Waals surface area contributed by atoms with E-state index in [1.807, 2.05) is 23.1 Å². The summed E-state index contributed by atoms with van der Waals surface area (Å²) in [6.07, 6.45) is 4.41. The molecule has 0 aromatic heterocycles. The molecule has 1 unspecified atom stereocenters. The summed E-state index contributed by atoms with van der Waals surface area (Å²) >= 11 is 0. The summed E-state index contributed by atoms with van der Waals surface area (Å²) in [7, 11) is 0. The highest BCUT2D eigenvalue weighted by atomic mass is 16.3. The van der Waals surface area contributed by atoms with Crippen LogP contribution in [0.25, 0.3) is 0 Å². The number of phenols is 1. The van der Waals surface area contributed by atoms with Gasteiger partial charge in [-0.3, -0.25) is 0 Å². The summed E-state index contributed by atoms with van der Waals surface area (Å²) in [5.41, 5.74) is 1.83. The number of anilines is 1. The van der Waals surface area contributed by atoms with E-state index in [9.17, 15) is 9.90 Å². The topological polar surface area (TPSA) is 55.8 Å². The molecule has 2 amide bonds. The lowest BCUT2D eigenvalue weighted by Gasteiger charge is -2.40. The number of rotatable bonds is 7. The Bertz CT molecular complexity index is 755. The summed E-state index contributed by atoms with van der Waals surface area (Å²) in [4.78, 5) is 17.7. The number of carbonyl (C=O) groups excluding carboxylic acids is 1. The largest absolute Gasteiger partial charge is 0.508 e. The normalized spacial score (nSPS) is 16.3. The summed E-state index contributed by atoms with van der Waals surface area (Å²) in [5.74, 6) is 0.192. The number of aromatic hydroxyl groups is 1. The van der Waals surface area contributed by atoms with Gasteiger partial charge in [-0.1, -0.05) is 43.7 Å². The van der Waals surface area contributed by atoms with Gasteiger partial charge in [0.25, 0.3) is 0 Å². The number of benzene rings is 2. The van der Waals surface area contributed by atoms with Crippen molar-refractivity contribution in [1.29, 1.82) is 0 Å². The van der Waals surface area contributed by atoms with Crippen molar-refractivity contribution in [1.82, 2.24) is 9.80 Å². The molecule has 1 fully saturated rings. The lowest BCUT2D eigenvalue weighted by Crippen LogP contribution is -2.50. The van der Waals surface area contributed by atoms with Crippen molar-refractivity contribution < 1.29 is 9.90 Å². The van der Waals surface area contributed by atoms with E-state index >= 15 is 0 Å². The molecule has 5 nitrogen and oxygen atoms in total. The Kier molecular flexibility index (Phi) is 7.53. The first kappa shape index (κ1) is 21.2. The van der Waals surface area contributed by atoms with Crippen LogP contribution in [0.4, 0.5) is 10.5 Å². The van der Waals surface area contributed by atoms with E-state index in [4.69, 9.17) is 0 Å². The van der Waals surface area contributed by atoms with Crippen molar-refractivity contribution in [3.63, 3.8) is 0 Å². The van der Waals surface area contributed by atoms with Crippen LogP contribution in [0.5, 0.6) is 5.75 Å². The van der Waals surface area contributed by atoms with E-state index in [1.165, 1.54) is 12.8 Å². The zero-order valence-electron chi connectivity index (χ0n) is 17.6. The minimum Gasteiger partial charge on any atom is -0.508 e. The first-order valence-corrected chi connectivity index (χ1v) is 10.7. The zero-order chi connectivity index (χ0) is 20.6. The fourth-order valence-corrected chi connectivity index (χ4v) is 4.13. The smallest absolute Gasteiger partial charge is 0.322 e. The molecule has 0 saturated carbocycles. The van der Waals surface area contributed by atoms with Gasteiger partial charge in [0.1, 0.15) is 5.75 Å². The number of nitrogens with zero attached hydrogens (tertiary/aromatic N) is 2. The van der Waals surface area contributed by atoms with E-state index in [1.54, 1.807) is 24.3 Å². The maximum Gasteiger partial charge on any atom is 0.322 e. The van der Waals surface area contributed by atoms with Gasteiger partial charge in [-0.2, -0.15) is 0 Å². The Morgan fingerprint density at radius 3 is 2.41 bits per heavy atom. The van der Waals surface area contributed by atoms with Crippen LogP contribution in [-0.4, -0.2) is 46.1 Å². The predicted molar refractivity (Wildman–Crippen MR) is 118 cm³/mol. The van der Waals surface area contributed by atoms with Crippen LogP contribution in [0, 0.1) is 0 Å². The van der Waals surface area contributed by atoms with E-state index < -0.39 is 0 Å². The average Bonchev–Trinajstić information content (AvgIpc) is 2.74. The average molecular weight is 396 g/mol. The Hall–Kier alpha value is -2.53. The molecule has 3 rings (SSSR count). The molecule has 29 heavy (non-hydrogen) atoms. The molecule has 1 atom stereocenters. The van der Waals surface area contributed by atoms with Gasteiger partial charge >= 0.3 is 6.03 Å². The molecule has 1 heterocycles. The molecule has 0 radical (unpaired) electrons. The van der Waals surface area contributed by atoms with Crippen molar-refractivity contribution in [2.45, 2.75) is 58.2 Å². The fourth-order valence-electron chi connectivity index (χ4n) is 4.13. The van der Waals surface area contributed by atoms with Crippen molar-refractivity contribution in [3.05, 3.63) is 60.2 Å². The lowest BCUT2D eigenvalue weighted by atomic mass is 10.00. The van der Waals surface area contributed by atoms with Crippen molar-refractivity contribution in [3.8, 4) is 5.75 Å². The first-order valence-electron chi connectivity index (χ1n) is 10.7. The van der Waals surface area contributed by atoms with Crippen LogP contribution in [0.15, 0.2) is 54.6 Å². The summed E-state index contributed by atoms with van der Waals surface area (Å²) in [6, 6.07) is 17.5. The van der Waals surface area contributed by atoms with Gasteiger partial charge in [0, 0.05) is 37.4 Å². The first-order chi connectivity index (χ1) is 14.1. The molecular weight excluding hydrogens is 362 g/mol. The second-order valence-corrected chi connectivity index (χ2v) is 8.00. The van der Waals surface area contributed by atoms with Crippen LogP contribution >= 0.6 is 0 Å². The maximum absolute atomic E-state index is 13.2. The third kappa shape index (κ3) is 5.97. The minimum absolute atomic E-state index is 0.0837. The summed E-state index contributed by atoms with van der Waals surface area (Å²) < 4.78 is 0. The molecule has 2 aromatic rings. The van der Waals surface area contributed by atoms with Crippen molar-refractivity contribution in [2.75, 3.05) is 18.4 Å². The van der Waals surface area contributed by atoms with Gasteiger partial charge in [0.15, 0.2) is 0 Å². The molecule has 1 aliphatic heterocycles. The highest BCUT2D eigenvalue weighted by Crippen LogP contribution is 2.23. The highest BCUT2D eigenvalue weighted by Gasteiger charge is 2.29. The number of piperidine rings is 1. The van der Waals surface area contributed by atoms with E-state index in [0.29, 0.717) is 18.3 Å². The number of likely N-dealkylation sites (tertiary alicyclic amines) is 1. The van der Waals surface area contributed by atoms with E-state index in [2.05, 4.69) is 36.2 Å². The number of hydrogen-bond acceptors (Lipinski definition) is 3. The number of phenolic OH excluding ortho intramolecular Hbond substituents is 1. The van der Waals surface area contributed by atoms with Crippen molar-refractivity contribution in [2.24, 2.45) is 0 Å². The molecule has 1 aliphatic rings. The van der Waals surface area contributed by atoms with Crippen LogP contribution in [-0.2, 0) is 6.54 Å². The maximum atomic E-state index is 13.2. The molecule has 0 spiro atoms. The SMILES string of the molecule is CCCC(C)N1CCC(N(Cc2ccccc2)C(=O)Nc2ccc(O)cc2)CC1. The quantitative estimate of drug-likeness (QED) is 0.643. The number of nitrogens with one attached hydrogen (secondary N) is 1. The van der Waals surface area contributed by atoms with Crippen LogP contribution < -0.4 is 5.32 Å². The summed E-state index contributed by atoms with van der Waals surface area (Å²) in [5, 5.41) is 12.5. The molecule has 2 N–H and O–H groups in total. The van der Waals surface area contributed by atoms with Gasteiger partial charge in [-0.15, -0.1) is 0 Å². The third-order valence-corrected chi connectivity index (χ3v) is 5.84. The van der Waals surface area contributed by atoms with Crippen LogP contribution in [0.1, 0.15) is 45.1 Å². The predicted octanol–water partition coefficient (Wildman–Crippen LogP) is 5.08. The molecule has 0 bridgehead atoms. The van der Waals surface area contributed by atoms with Crippen LogP contribution in [0.2, 0.25) is 0 Å². The second-order valence-electron chi connectivity index (χ2n) is 8.00. The zero-order valence-corrected chi connectivity index (χ0v) is 17.6. The lowest BCUT2D eigenvalue weighted by molar-refractivity contribution is 0.0989. The fraction of sp³-hybridized carbons (Fsp3) is 0.458. The molecule has 2 aromatic carbocycles. The minimum atomic E-state index is -0.0837. The van der Waals surface area contributed by atoms with Gasteiger partial charge in [0.05, 0.1) is 0 Å². The molecular formula is C24H33N3O2.